The van der Waals surface area contributed by atoms with E-state index >= 15 is 0 Å². The Morgan fingerprint density at radius 1 is 1.00 bits per heavy atom. The summed E-state index contributed by atoms with van der Waals surface area (Å²) in [5, 5.41) is 0.396. The minimum absolute atomic E-state index is 0.311. The van der Waals surface area contributed by atoms with Crippen LogP contribution in [0.1, 0.15) is 11.1 Å². The molecule has 2 aromatic heterocycles. The molecule has 0 spiro atoms. The molecule has 0 aliphatic carbocycles. The van der Waals surface area contributed by atoms with Crippen LogP contribution in [0.3, 0.4) is 0 Å². The van der Waals surface area contributed by atoms with Crippen molar-refractivity contribution >= 4 is 11.0 Å². The molecule has 2 heterocycles. The highest BCUT2D eigenvalue weighted by molar-refractivity contribution is 5.73. The van der Waals surface area contributed by atoms with E-state index in [2.05, 4.69) is 15.0 Å². The average Bonchev–Trinajstić information content (AvgIpc) is 2.40. The first-order valence-electron chi connectivity index (χ1n) is 5.87. The van der Waals surface area contributed by atoms with Gasteiger partial charge in [0.15, 0.2) is 0 Å². The second-order valence-corrected chi connectivity index (χ2v) is 4.31. The molecule has 0 saturated carbocycles. The van der Waals surface area contributed by atoms with Crippen molar-refractivity contribution in [1.29, 1.82) is 0 Å². The molecule has 0 saturated heterocycles. The van der Waals surface area contributed by atoms with Gasteiger partial charge in [0.05, 0.1) is 5.39 Å². The molecule has 0 amide bonds. The highest BCUT2D eigenvalue weighted by Gasteiger charge is 2.04. The van der Waals surface area contributed by atoms with E-state index in [9.17, 15) is 9.59 Å². The summed E-state index contributed by atoms with van der Waals surface area (Å²) in [5.74, 6) is 0. The fraction of sp³-hybridized carbons (Fsp3) is 0.0714. The van der Waals surface area contributed by atoms with Gasteiger partial charge in [-0.1, -0.05) is 30.3 Å². The molecule has 0 bridgehead atoms. The van der Waals surface area contributed by atoms with Crippen LogP contribution in [-0.2, 0) is 6.42 Å². The molecule has 19 heavy (non-hydrogen) atoms. The zero-order chi connectivity index (χ0) is 13.2. The number of fused-ring (bicyclic) bond motifs is 1. The normalized spacial score (nSPS) is 10.7. The number of benzene rings is 1. The molecule has 0 unspecified atom stereocenters. The molecule has 1 aromatic carbocycles. The van der Waals surface area contributed by atoms with E-state index in [1.54, 1.807) is 12.3 Å². The van der Waals surface area contributed by atoms with Crippen molar-refractivity contribution in [3.8, 4) is 0 Å². The van der Waals surface area contributed by atoms with Gasteiger partial charge in [0, 0.05) is 6.20 Å². The first-order chi connectivity index (χ1) is 9.22. The van der Waals surface area contributed by atoms with Gasteiger partial charge in [-0.05, 0) is 23.6 Å². The third kappa shape index (κ3) is 2.30. The standard InChI is InChI=1S/C14H11N3O2/c18-13-11-7-10(6-9-4-2-1-3-5-9)8-15-12(11)16-14(19)17-13/h1-5,7-8H,6H2,(H2,15,16,17,18,19). The zero-order valence-electron chi connectivity index (χ0n) is 10.0. The van der Waals surface area contributed by atoms with Crippen LogP contribution in [0.2, 0.25) is 0 Å². The van der Waals surface area contributed by atoms with Crippen molar-refractivity contribution in [3.05, 3.63) is 74.6 Å². The molecule has 0 radical (unpaired) electrons. The number of pyridine rings is 1. The van der Waals surface area contributed by atoms with Crippen LogP contribution in [0.4, 0.5) is 0 Å². The first kappa shape index (κ1) is 11.4. The molecule has 5 heteroatoms. The van der Waals surface area contributed by atoms with Gasteiger partial charge in [-0.2, -0.15) is 0 Å². The fourth-order valence-electron chi connectivity index (χ4n) is 2.02. The van der Waals surface area contributed by atoms with Crippen molar-refractivity contribution in [2.24, 2.45) is 0 Å². The highest BCUT2D eigenvalue weighted by atomic mass is 16.2. The lowest BCUT2D eigenvalue weighted by atomic mass is 10.1. The second kappa shape index (κ2) is 4.53. The molecule has 0 fully saturated rings. The van der Waals surface area contributed by atoms with Crippen LogP contribution in [0.5, 0.6) is 0 Å². The van der Waals surface area contributed by atoms with E-state index in [1.807, 2.05) is 30.3 Å². The Balaban J connectivity index is 2.07. The molecule has 5 nitrogen and oxygen atoms in total. The lowest BCUT2D eigenvalue weighted by Gasteiger charge is -2.02. The molecule has 94 valence electrons. The summed E-state index contributed by atoms with van der Waals surface area (Å²) in [7, 11) is 0. The Morgan fingerprint density at radius 3 is 2.58 bits per heavy atom. The molecule has 0 aliphatic rings. The Morgan fingerprint density at radius 2 is 1.79 bits per heavy atom. The summed E-state index contributed by atoms with van der Waals surface area (Å²) in [4.78, 5) is 31.6. The number of nitrogens with one attached hydrogen (secondary N) is 2. The van der Waals surface area contributed by atoms with Gasteiger partial charge < -0.3 is 0 Å². The van der Waals surface area contributed by atoms with Gasteiger partial charge in [0.25, 0.3) is 5.56 Å². The quantitative estimate of drug-likeness (QED) is 0.720. The van der Waals surface area contributed by atoms with Crippen LogP contribution in [-0.4, -0.2) is 15.0 Å². The number of H-pyrrole nitrogens is 2. The minimum Gasteiger partial charge on any atom is -0.291 e. The zero-order valence-corrected chi connectivity index (χ0v) is 10.0. The summed E-state index contributed by atoms with van der Waals surface area (Å²) < 4.78 is 0. The lowest BCUT2D eigenvalue weighted by molar-refractivity contribution is 1.05. The van der Waals surface area contributed by atoms with Crippen LogP contribution in [0.25, 0.3) is 11.0 Å². The summed E-state index contributed by atoms with van der Waals surface area (Å²) >= 11 is 0. The predicted octanol–water partition coefficient (Wildman–Crippen LogP) is 1.20. The molecule has 0 atom stereocenters. The van der Waals surface area contributed by atoms with Crippen LogP contribution < -0.4 is 11.2 Å². The molecule has 0 aliphatic heterocycles. The van der Waals surface area contributed by atoms with Crippen molar-refractivity contribution < 1.29 is 0 Å². The number of hydrogen-bond donors (Lipinski definition) is 2. The second-order valence-electron chi connectivity index (χ2n) is 4.31. The predicted molar refractivity (Wildman–Crippen MR) is 72.2 cm³/mol. The Kier molecular flexibility index (Phi) is 2.72. The Labute approximate surface area is 108 Å². The minimum atomic E-state index is -0.541. The first-order valence-corrected chi connectivity index (χ1v) is 5.87. The third-order valence-electron chi connectivity index (χ3n) is 2.90. The summed E-state index contributed by atoms with van der Waals surface area (Å²) in [6.45, 7) is 0. The van der Waals surface area contributed by atoms with E-state index in [0.29, 0.717) is 17.5 Å². The number of hydrogen-bond acceptors (Lipinski definition) is 3. The monoisotopic (exact) mass is 253 g/mol. The van der Waals surface area contributed by atoms with Crippen molar-refractivity contribution in [2.45, 2.75) is 6.42 Å². The van der Waals surface area contributed by atoms with E-state index < -0.39 is 11.2 Å². The van der Waals surface area contributed by atoms with E-state index in [-0.39, 0.29) is 0 Å². The molecule has 3 aromatic rings. The van der Waals surface area contributed by atoms with Crippen LogP contribution in [0, 0.1) is 0 Å². The van der Waals surface area contributed by atoms with Crippen LogP contribution in [0.15, 0.2) is 52.2 Å². The largest absolute Gasteiger partial charge is 0.327 e. The Hall–Kier alpha value is -2.69. The van der Waals surface area contributed by atoms with E-state index in [0.717, 1.165) is 11.1 Å². The maximum atomic E-state index is 11.7. The third-order valence-corrected chi connectivity index (χ3v) is 2.90. The number of rotatable bonds is 2. The molecular formula is C14H11N3O2. The van der Waals surface area contributed by atoms with Gasteiger partial charge in [0.2, 0.25) is 0 Å². The summed E-state index contributed by atoms with van der Waals surface area (Å²) in [5.41, 5.74) is 1.42. The lowest BCUT2D eigenvalue weighted by Crippen LogP contribution is -2.22. The number of aromatic amines is 2. The average molecular weight is 253 g/mol. The summed E-state index contributed by atoms with van der Waals surface area (Å²) in [6.07, 6.45) is 2.37. The maximum absolute atomic E-state index is 11.7. The van der Waals surface area contributed by atoms with Crippen molar-refractivity contribution in [2.75, 3.05) is 0 Å². The highest BCUT2D eigenvalue weighted by Crippen LogP contribution is 2.11. The van der Waals surface area contributed by atoms with Gasteiger partial charge in [-0.25, -0.2) is 9.78 Å². The fourth-order valence-corrected chi connectivity index (χ4v) is 2.02. The van der Waals surface area contributed by atoms with Crippen LogP contribution >= 0.6 is 0 Å². The number of aromatic nitrogens is 3. The summed E-state index contributed by atoms with van der Waals surface area (Å²) in [6, 6.07) is 11.7. The maximum Gasteiger partial charge on any atom is 0.327 e. The van der Waals surface area contributed by atoms with Crippen molar-refractivity contribution in [3.63, 3.8) is 0 Å². The topological polar surface area (TPSA) is 78.6 Å². The molecular weight excluding hydrogens is 242 g/mol. The SMILES string of the molecule is O=c1[nH]c(=O)c2cc(Cc3ccccc3)cnc2[nH]1. The van der Waals surface area contributed by atoms with Crippen molar-refractivity contribution in [1.82, 2.24) is 15.0 Å². The van der Waals surface area contributed by atoms with Gasteiger partial charge in [-0.3, -0.25) is 14.8 Å². The van der Waals surface area contributed by atoms with Gasteiger partial charge >= 0.3 is 5.69 Å². The molecule has 3 rings (SSSR count). The molecule has 2 N–H and O–H groups in total. The van der Waals surface area contributed by atoms with Gasteiger partial charge in [0.1, 0.15) is 5.65 Å². The van der Waals surface area contributed by atoms with E-state index in [4.69, 9.17) is 0 Å². The smallest absolute Gasteiger partial charge is 0.291 e. The Bertz CT molecular complexity index is 834. The van der Waals surface area contributed by atoms with Gasteiger partial charge in [-0.15, -0.1) is 0 Å². The van der Waals surface area contributed by atoms with E-state index in [1.165, 1.54) is 0 Å². The number of nitrogens with zero attached hydrogens (tertiary/aromatic N) is 1.